The van der Waals surface area contributed by atoms with Gasteiger partial charge in [-0.15, -0.1) is 0 Å². The maximum atomic E-state index is 11.1. The van der Waals surface area contributed by atoms with E-state index in [4.69, 9.17) is 9.47 Å². The van der Waals surface area contributed by atoms with Crippen molar-refractivity contribution in [3.63, 3.8) is 0 Å². The Balaban J connectivity index is 2.15. The third-order valence-corrected chi connectivity index (χ3v) is 2.10. The van der Waals surface area contributed by atoms with Crippen LogP contribution < -0.4 is 14.2 Å². The lowest BCUT2D eigenvalue weighted by Crippen LogP contribution is -2.23. The molecule has 0 bridgehead atoms. The number of benzene rings is 1. The normalized spacial score (nSPS) is 9.94. The van der Waals surface area contributed by atoms with E-state index in [1.807, 2.05) is 25.1 Å². The Morgan fingerprint density at radius 3 is 2.65 bits per heavy atom. The Morgan fingerprint density at radius 2 is 1.88 bits per heavy atom. The van der Waals surface area contributed by atoms with Crippen molar-refractivity contribution >= 4 is 0 Å². The summed E-state index contributed by atoms with van der Waals surface area (Å²) in [5, 5.41) is 11.1. The topological polar surface area (TPSA) is 45.4 Å². The Hall–Kier alpha value is -2.23. The maximum Gasteiger partial charge on any atom is 0.223 e. The number of hydrogen-bond donors (Lipinski definition) is 0. The van der Waals surface area contributed by atoms with Gasteiger partial charge < -0.3 is 14.7 Å². The van der Waals surface area contributed by atoms with E-state index in [0.29, 0.717) is 22.8 Å². The first-order valence-corrected chi connectivity index (χ1v) is 5.37. The highest BCUT2D eigenvalue weighted by molar-refractivity contribution is 5.35. The smallest absolute Gasteiger partial charge is 0.223 e. The van der Waals surface area contributed by atoms with Gasteiger partial charge in [0.1, 0.15) is 11.5 Å². The Labute approximate surface area is 99.6 Å². The van der Waals surface area contributed by atoms with Crippen LogP contribution in [0.3, 0.4) is 0 Å². The number of ether oxygens (including phenoxy) is 2. The molecule has 0 N–H and O–H groups in total. The summed E-state index contributed by atoms with van der Waals surface area (Å²) in [6.07, 6.45) is 2.77. The fourth-order valence-electron chi connectivity index (χ4n) is 1.42. The summed E-state index contributed by atoms with van der Waals surface area (Å²) in [5.41, 5.74) is 0. The van der Waals surface area contributed by atoms with Gasteiger partial charge in [0.25, 0.3) is 0 Å². The Morgan fingerprint density at radius 1 is 1.12 bits per heavy atom. The van der Waals surface area contributed by atoms with E-state index in [9.17, 15) is 5.21 Å². The summed E-state index contributed by atoms with van der Waals surface area (Å²) in [5.74, 6) is 1.88. The molecule has 1 aromatic carbocycles. The highest BCUT2D eigenvalue weighted by atomic mass is 16.5. The second-order valence-corrected chi connectivity index (χ2v) is 3.41. The van der Waals surface area contributed by atoms with Crippen LogP contribution in [0.1, 0.15) is 6.92 Å². The molecule has 0 aliphatic heterocycles. The molecule has 4 nitrogen and oxygen atoms in total. The molecule has 0 aliphatic carbocycles. The van der Waals surface area contributed by atoms with E-state index in [-0.39, 0.29) is 0 Å². The molecular formula is C13H13NO3. The molecule has 0 spiro atoms. The molecular weight excluding hydrogens is 218 g/mol. The lowest BCUT2D eigenvalue weighted by Gasteiger charge is -2.07. The van der Waals surface area contributed by atoms with Crippen molar-refractivity contribution in [1.29, 1.82) is 0 Å². The van der Waals surface area contributed by atoms with Gasteiger partial charge in [0.15, 0.2) is 11.9 Å². The fraction of sp³-hybridized carbons (Fsp3) is 0.154. The standard InChI is InChI=1S/C13H13NO3/c1-2-16-11-5-3-6-12(9-11)17-13-7-4-8-14(15)10-13/h3-10H,2H2,1H3. The van der Waals surface area contributed by atoms with Gasteiger partial charge in [-0.2, -0.15) is 4.73 Å². The first-order valence-electron chi connectivity index (χ1n) is 5.37. The van der Waals surface area contributed by atoms with Crippen molar-refractivity contribution in [3.8, 4) is 17.2 Å². The van der Waals surface area contributed by atoms with Gasteiger partial charge in [0.05, 0.1) is 6.61 Å². The summed E-state index contributed by atoms with van der Waals surface area (Å²) >= 11 is 0. The zero-order valence-corrected chi connectivity index (χ0v) is 9.50. The summed E-state index contributed by atoms with van der Waals surface area (Å²) in [7, 11) is 0. The molecule has 17 heavy (non-hydrogen) atoms. The molecule has 0 radical (unpaired) electrons. The first-order chi connectivity index (χ1) is 8.28. The largest absolute Gasteiger partial charge is 0.619 e. The maximum absolute atomic E-state index is 11.1. The number of aromatic nitrogens is 1. The molecule has 0 amide bonds. The number of hydrogen-bond acceptors (Lipinski definition) is 3. The predicted octanol–water partition coefficient (Wildman–Crippen LogP) is 2.51. The van der Waals surface area contributed by atoms with E-state index < -0.39 is 0 Å². The van der Waals surface area contributed by atoms with E-state index >= 15 is 0 Å². The van der Waals surface area contributed by atoms with Crippen molar-refractivity contribution in [2.24, 2.45) is 0 Å². The van der Waals surface area contributed by atoms with E-state index in [0.717, 1.165) is 5.75 Å². The zero-order chi connectivity index (χ0) is 12.1. The molecule has 0 saturated heterocycles. The van der Waals surface area contributed by atoms with Gasteiger partial charge in [-0.3, -0.25) is 0 Å². The molecule has 0 atom stereocenters. The minimum atomic E-state index is 0.496. The number of pyridine rings is 1. The number of rotatable bonds is 4. The SMILES string of the molecule is CCOc1cccc(Oc2ccc[n+]([O-])c2)c1. The van der Waals surface area contributed by atoms with Crippen LogP contribution in [0.5, 0.6) is 17.2 Å². The van der Waals surface area contributed by atoms with Crippen LogP contribution in [0.4, 0.5) is 0 Å². The van der Waals surface area contributed by atoms with E-state index in [2.05, 4.69) is 0 Å². The molecule has 0 saturated carbocycles. The minimum absolute atomic E-state index is 0.496. The molecule has 1 aromatic heterocycles. The van der Waals surface area contributed by atoms with Crippen LogP contribution in [-0.4, -0.2) is 6.61 Å². The molecule has 2 rings (SSSR count). The van der Waals surface area contributed by atoms with E-state index in [1.54, 1.807) is 18.2 Å². The lowest BCUT2D eigenvalue weighted by molar-refractivity contribution is -0.605. The van der Waals surface area contributed by atoms with Gasteiger partial charge in [-0.25, -0.2) is 0 Å². The van der Waals surface area contributed by atoms with Gasteiger partial charge in [0, 0.05) is 12.1 Å². The molecule has 0 aliphatic rings. The fourth-order valence-corrected chi connectivity index (χ4v) is 1.42. The van der Waals surface area contributed by atoms with Gasteiger partial charge in [0.2, 0.25) is 6.20 Å². The Bertz CT molecular complexity index is 500. The van der Waals surface area contributed by atoms with Crippen LogP contribution >= 0.6 is 0 Å². The third kappa shape index (κ3) is 3.11. The quantitative estimate of drug-likeness (QED) is 0.600. The Kier molecular flexibility index (Phi) is 3.45. The minimum Gasteiger partial charge on any atom is -0.619 e. The zero-order valence-electron chi connectivity index (χ0n) is 9.50. The molecule has 4 heteroatoms. The summed E-state index contributed by atoms with van der Waals surface area (Å²) < 4.78 is 11.6. The highest BCUT2D eigenvalue weighted by Crippen LogP contribution is 2.24. The third-order valence-electron chi connectivity index (χ3n) is 2.10. The highest BCUT2D eigenvalue weighted by Gasteiger charge is 2.02. The van der Waals surface area contributed by atoms with Crippen LogP contribution in [0.15, 0.2) is 48.8 Å². The van der Waals surface area contributed by atoms with Crippen LogP contribution in [0, 0.1) is 5.21 Å². The van der Waals surface area contributed by atoms with Crippen molar-refractivity contribution in [1.82, 2.24) is 0 Å². The van der Waals surface area contributed by atoms with Crippen molar-refractivity contribution in [2.75, 3.05) is 6.61 Å². The molecule has 1 heterocycles. The summed E-state index contributed by atoms with van der Waals surface area (Å²) in [6.45, 7) is 2.53. The molecule has 0 fully saturated rings. The summed E-state index contributed by atoms with van der Waals surface area (Å²) in [6, 6.07) is 10.6. The van der Waals surface area contributed by atoms with Crippen molar-refractivity contribution < 1.29 is 14.2 Å². The monoisotopic (exact) mass is 231 g/mol. The second kappa shape index (κ2) is 5.21. The van der Waals surface area contributed by atoms with E-state index in [1.165, 1.54) is 12.4 Å². The first kappa shape index (κ1) is 11.3. The molecule has 88 valence electrons. The average molecular weight is 231 g/mol. The van der Waals surface area contributed by atoms with Gasteiger partial charge in [-0.1, -0.05) is 6.07 Å². The van der Waals surface area contributed by atoms with Crippen molar-refractivity contribution in [3.05, 3.63) is 54.0 Å². The van der Waals surface area contributed by atoms with Gasteiger partial charge >= 0.3 is 0 Å². The average Bonchev–Trinajstić information content (AvgIpc) is 2.30. The lowest BCUT2D eigenvalue weighted by atomic mass is 10.3. The molecule has 0 unspecified atom stereocenters. The van der Waals surface area contributed by atoms with Crippen LogP contribution in [0.2, 0.25) is 0 Å². The molecule has 2 aromatic rings. The van der Waals surface area contributed by atoms with Gasteiger partial charge in [-0.05, 0) is 25.1 Å². The van der Waals surface area contributed by atoms with Crippen LogP contribution in [0.25, 0.3) is 0 Å². The number of nitrogens with zero attached hydrogens (tertiary/aromatic N) is 1. The predicted molar refractivity (Wildman–Crippen MR) is 63.1 cm³/mol. The summed E-state index contributed by atoms with van der Waals surface area (Å²) in [4.78, 5) is 0. The van der Waals surface area contributed by atoms with Crippen molar-refractivity contribution in [2.45, 2.75) is 6.92 Å². The second-order valence-electron chi connectivity index (χ2n) is 3.41. The van der Waals surface area contributed by atoms with Crippen LogP contribution in [-0.2, 0) is 0 Å².